The largest absolute Gasteiger partial charge is 0.310 e. The van der Waals surface area contributed by atoms with E-state index in [1.54, 1.807) is 0 Å². The summed E-state index contributed by atoms with van der Waals surface area (Å²) >= 11 is 0. The average molecular weight is 778 g/mol. The van der Waals surface area contributed by atoms with Crippen LogP contribution in [0.4, 0.5) is 34.1 Å². The lowest BCUT2D eigenvalue weighted by Gasteiger charge is -2.34. The van der Waals surface area contributed by atoms with E-state index >= 15 is 0 Å². The fraction of sp³-hybridized carbons (Fsp3) is 0. The Balaban J connectivity index is 0.983. The lowest BCUT2D eigenvalue weighted by Crippen LogP contribution is -2.15. The molecule has 1 aliphatic rings. The molecule has 0 atom stereocenters. The van der Waals surface area contributed by atoms with Crippen molar-refractivity contribution in [3.8, 4) is 39.1 Å². The van der Waals surface area contributed by atoms with Crippen molar-refractivity contribution >= 4 is 66.7 Å². The van der Waals surface area contributed by atoms with Crippen molar-refractivity contribution in [2.45, 2.75) is 0 Å². The standard InChI is InChI=1S/C58H39N3/c1-4-14-40(15-5-1)41-26-31-47(32-27-41)59(49-35-37-55-53(39-49)50-22-10-11-24-54(50)60(55)45-18-6-2-7-19-45)48-33-28-42(29-34-48)44-30-36-51-52-23-12-16-43-17-13-25-56(58(43)52)61(57(51)38-44)46-20-8-3-9-21-46/h1-39H. The van der Waals surface area contributed by atoms with Crippen molar-refractivity contribution in [1.82, 2.24) is 4.57 Å². The molecule has 0 saturated heterocycles. The molecular weight excluding hydrogens is 739 g/mol. The van der Waals surface area contributed by atoms with E-state index < -0.39 is 0 Å². The maximum absolute atomic E-state index is 2.42. The second kappa shape index (κ2) is 14.3. The van der Waals surface area contributed by atoms with Crippen LogP contribution in [-0.4, -0.2) is 4.57 Å². The maximum Gasteiger partial charge on any atom is 0.0546 e. The fourth-order valence-electron chi connectivity index (χ4n) is 9.48. The lowest BCUT2D eigenvalue weighted by molar-refractivity contribution is 1.18. The first-order chi connectivity index (χ1) is 30.3. The summed E-state index contributed by atoms with van der Waals surface area (Å²) < 4.78 is 2.37. The van der Waals surface area contributed by atoms with Crippen molar-refractivity contribution in [1.29, 1.82) is 0 Å². The van der Waals surface area contributed by atoms with Gasteiger partial charge in [-0.15, -0.1) is 0 Å². The predicted molar refractivity (Wildman–Crippen MR) is 258 cm³/mol. The fourth-order valence-corrected chi connectivity index (χ4v) is 9.48. The molecule has 3 heteroatoms. The van der Waals surface area contributed by atoms with Crippen molar-refractivity contribution in [3.05, 3.63) is 237 Å². The third kappa shape index (κ3) is 5.82. The minimum absolute atomic E-state index is 1.09. The molecule has 0 fully saturated rings. The van der Waals surface area contributed by atoms with E-state index in [2.05, 4.69) is 251 Å². The zero-order valence-electron chi connectivity index (χ0n) is 33.4. The highest BCUT2D eigenvalue weighted by Gasteiger charge is 2.26. The summed E-state index contributed by atoms with van der Waals surface area (Å²) in [5.41, 5.74) is 17.6. The minimum Gasteiger partial charge on any atom is -0.310 e. The third-order valence-corrected chi connectivity index (χ3v) is 12.3. The van der Waals surface area contributed by atoms with Crippen molar-refractivity contribution in [3.63, 3.8) is 0 Å². The normalized spacial score (nSPS) is 11.9. The van der Waals surface area contributed by atoms with Gasteiger partial charge in [-0.05, 0) is 118 Å². The van der Waals surface area contributed by atoms with Gasteiger partial charge in [0.25, 0.3) is 0 Å². The highest BCUT2D eigenvalue weighted by molar-refractivity contribution is 6.14. The van der Waals surface area contributed by atoms with Gasteiger partial charge < -0.3 is 14.4 Å². The molecule has 286 valence electrons. The number of aromatic nitrogens is 1. The Morgan fingerprint density at radius 1 is 0.311 bits per heavy atom. The Kier molecular flexibility index (Phi) is 8.17. The maximum atomic E-state index is 2.42. The van der Waals surface area contributed by atoms with Crippen LogP contribution in [0.1, 0.15) is 0 Å². The number of para-hydroxylation sites is 3. The van der Waals surface area contributed by atoms with Crippen LogP contribution in [0.3, 0.4) is 0 Å². The zero-order chi connectivity index (χ0) is 40.3. The van der Waals surface area contributed by atoms with Crippen LogP contribution in [0.5, 0.6) is 0 Å². The Bertz CT molecular complexity index is 3380. The number of hydrogen-bond acceptors (Lipinski definition) is 2. The summed E-state index contributed by atoms with van der Waals surface area (Å²) in [4.78, 5) is 4.81. The molecule has 0 aliphatic carbocycles. The second-order valence-electron chi connectivity index (χ2n) is 15.8. The van der Waals surface area contributed by atoms with Gasteiger partial charge in [0.1, 0.15) is 0 Å². The molecule has 0 N–H and O–H groups in total. The molecule has 2 heterocycles. The van der Waals surface area contributed by atoms with Crippen LogP contribution in [0.15, 0.2) is 237 Å². The number of fused-ring (bicyclic) bond motifs is 5. The van der Waals surface area contributed by atoms with Crippen molar-refractivity contribution < 1.29 is 0 Å². The topological polar surface area (TPSA) is 11.4 Å². The predicted octanol–water partition coefficient (Wildman–Crippen LogP) is 16.2. The lowest BCUT2D eigenvalue weighted by atomic mass is 9.89. The third-order valence-electron chi connectivity index (χ3n) is 12.3. The quantitative estimate of drug-likeness (QED) is 0.160. The van der Waals surface area contributed by atoms with Crippen LogP contribution in [-0.2, 0) is 0 Å². The smallest absolute Gasteiger partial charge is 0.0546 e. The number of nitrogens with zero attached hydrogens (tertiary/aromatic N) is 3. The van der Waals surface area contributed by atoms with Crippen LogP contribution in [0, 0.1) is 0 Å². The van der Waals surface area contributed by atoms with Crippen LogP contribution in [0.25, 0.3) is 71.6 Å². The Morgan fingerprint density at radius 3 is 1.59 bits per heavy atom. The number of benzene rings is 10. The molecule has 0 saturated carbocycles. The van der Waals surface area contributed by atoms with E-state index in [0.29, 0.717) is 0 Å². The minimum atomic E-state index is 1.09. The Labute approximate surface area is 355 Å². The SMILES string of the molecule is c1ccc(-c2ccc(N(c3ccc(-c4ccc5c(c4)N(c4ccccc4)c4cccc6cccc-5c46)cc3)c3ccc4c(c3)c3ccccc3n4-c3ccccc3)cc2)cc1. The number of hydrogen-bond donors (Lipinski definition) is 0. The Morgan fingerprint density at radius 2 is 0.869 bits per heavy atom. The monoisotopic (exact) mass is 777 g/mol. The van der Waals surface area contributed by atoms with E-state index in [1.807, 2.05) is 0 Å². The van der Waals surface area contributed by atoms with E-state index in [9.17, 15) is 0 Å². The van der Waals surface area contributed by atoms with E-state index in [1.165, 1.54) is 71.8 Å². The van der Waals surface area contributed by atoms with Gasteiger partial charge in [-0.3, -0.25) is 0 Å². The summed E-state index contributed by atoms with van der Waals surface area (Å²) in [6.07, 6.45) is 0. The molecule has 1 aliphatic heterocycles. The molecule has 0 unspecified atom stereocenters. The highest BCUT2D eigenvalue weighted by atomic mass is 15.2. The second-order valence-corrected chi connectivity index (χ2v) is 15.8. The zero-order valence-corrected chi connectivity index (χ0v) is 33.4. The first-order valence-corrected chi connectivity index (χ1v) is 20.9. The molecule has 12 rings (SSSR count). The van der Waals surface area contributed by atoms with Gasteiger partial charge in [0.15, 0.2) is 0 Å². The van der Waals surface area contributed by atoms with Gasteiger partial charge in [-0.1, -0.05) is 152 Å². The first kappa shape index (κ1) is 34.9. The van der Waals surface area contributed by atoms with Crippen LogP contribution >= 0.6 is 0 Å². The first-order valence-electron chi connectivity index (χ1n) is 20.9. The number of rotatable bonds is 7. The van der Waals surface area contributed by atoms with E-state index in [4.69, 9.17) is 0 Å². The van der Waals surface area contributed by atoms with Gasteiger partial charge in [0.2, 0.25) is 0 Å². The molecular formula is C58H39N3. The molecule has 61 heavy (non-hydrogen) atoms. The van der Waals surface area contributed by atoms with Gasteiger partial charge >= 0.3 is 0 Å². The molecule has 3 nitrogen and oxygen atoms in total. The summed E-state index contributed by atoms with van der Waals surface area (Å²) in [5.74, 6) is 0. The molecule has 10 aromatic carbocycles. The number of anilines is 6. The van der Waals surface area contributed by atoms with E-state index in [0.717, 1.165) is 34.0 Å². The summed E-state index contributed by atoms with van der Waals surface area (Å²) in [7, 11) is 0. The van der Waals surface area contributed by atoms with Gasteiger partial charge in [-0.2, -0.15) is 0 Å². The molecule has 1 aromatic heterocycles. The van der Waals surface area contributed by atoms with Gasteiger partial charge in [-0.25, -0.2) is 0 Å². The highest BCUT2D eigenvalue weighted by Crippen LogP contribution is 2.52. The van der Waals surface area contributed by atoms with Crippen LogP contribution < -0.4 is 9.80 Å². The summed E-state index contributed by atoms with van der Waals surface area (Å²) in [5, 5.41) is 4.99. The summed E-state index contributed by atoms with van der Waals surface area (Å²) in [6.45, 7) is 0. The molecule has 0 radical (unpaired) electrons. The van der Waals surface area contributed by atoms with Crippen molar-refractivity contribution in [2.75, 3.05) is 9.80 Å². The molecule has 11 aromatic rings. The average Bonchev–Trinajstić information content (AvgIpc) is 3.67. The van der Waals surface area contributed by atoms with Gasteiger partial charge in [0, 0.05) is 50.2 Å². The molecule has 0 bridgehead atoms. The van der Waals surface area contributed by atoms with Crippen LogP contribution in [0.2, 0.25) is 0 Å². The molecule has 0 amide bonds. The Hall–Kier alpha value is -8.14. The van der Waals surface area contributed by atoms with E-state index in [-0.39, 0.29) is 0 Å². The summed E-state index contributed by atoms with van der Waals surface area (Å²) in [6, 6.07) is 85.9. The van der Waals surface area contributed by atoms with Gasteiger partial charge in [0.05, 0.1) is 22.4 Å². The molecule has 0 spiro atoms. The van der Waals surface area contributed by atoms with Crippen molar-refractivity contribution in [2.24, 2.45) is 0 Å².